The van der Waals surface area contributed by atoms with E-state index >= 15 is 0 Å². The Morgan fingerprint density at radius 2 is 1.88 bits per heavy atom. The number of anilines is 2. The normalized spacial score (nSPS) is 10.2. The largest absolute Gasteiger partial charge is 0.380 e. The van der Waals surface area contributed by atoms with Crippen LogP contribution in [0.2, 0.25) is 0 Å². The number of amides is 1. The van der Waals surface area contributed by atoms with Crippen molar-refractivity contribution in [2.75, 3.05) is 10.6 Å². The number of nitrogens with zero attached hydrogens (tertiary/aromatic N) is 2. The zero-order valence-electron chi connectivity index (χ0n) is 13.4. The average Bonchev–Trinajstić information content (AvgIpc) is 2.62. The van der Waals surface area contributed by atoms with E-state index in [1.807, 2.05) is 43.5 Å². The fraction of sp³-hybridized carbons (Fsp3) is 0.105. The minimum absolute atomic E-state index is 0.168. The van der Waals surface area contributed by atoms with E-state index in [2.05, 4.69) is 20.6 Å². The molecular weight excluding hydrogens is 300 g/mol. The van der Waals surface area contributed by atoms with Crippen LogP contribution < -0.4 is 10.6 Å². The van der Waals surface area contributed by atoms with Crippen LogP contribution in [0.15, 0.2) is 67.1 Å². The Labute approximate surface area is 140 Å². The summed E-state index contributed by atoms with van der Waals surface area (Å²) in [5.41, 5.74) is 3.70. The van der Waals surface area contributed by atoms with Gasteiger partial charge in [0.05, 0.1) is 11.9 Å². The van der Waals surface area contributed by atoms with Crippen LogP contribution in [0, 0.1) is 6.92 Å². The molecule has 0 atom stereocenters. The zero-order chi connectivity index (χ0) is 16.8. The Morgan fingerprint density at radius 3 is 2.54 bits per heavy atom. The van der Waals surface area contributed by atoms with Gasteiger partial charge in [0.2, 0.25) is 0 Å². The highest BCUT2D eigenvalue weighted by Crippen LogP contribution is 2.12. The quantitative estimate of drug-likeness (QED) is 0.753. The van der Waals surface area contributed by atoms with Gasteiger partial charge in [0.25, 0.3) is 5.91 Å². The van der Waals surface area contributed by atoms with Crippen molar-refractivity contribution >= 4 is 17.4 Å². The summed E-state index contributed by atoms with van der Waals surface area (Å²) in [7, 11) is 0. The summed E-state index contributed by atoms with van der Waals surface area (Å²) in [6, 6.07) is 15.0. The second-order valence-corrected chi connectivity index (χ2v) is 5.47. The number of carbonyl (C=O) groups excluding carboxylic acids is 1. The summed E-state index contributed by atoms with van der Waals surface area (Å²) >= 11 is 0. The minimum Gasteiger partial charge on any atom is -0.380 e. The van der Waals surface area contributed by atoms with Crippen molar-refractivity contribution in [2.45, 2.75) is 13.5 Å². The van der Waals surface area contributed by atoms with Gasteiger partial charge in [-0.3, -0.25) is 9.78 Å². The summed E-state index contributed by atoms with van der Waals surface area (Å²) in [4.78, 5) is 20.5. The van der Waals surface area contributed by atoms with Crippen molar-refractivity contribution in [3.63, 3.8) is 0 Å². The fourth-order valence-electron chi connectivity index (χ4n) is 2.17. The highest BCUT2D eigenvalue weighted by molar-refractivity contribution is 6.03. The van der Waals surface area contributed by atoms with E-state index in [1.54, 1.807) is 30.6 Å². The van der Waals surface area contributed by atoms with Crippen LogP contribution in [0.3, 0.4) is 0 Å². The number of hydrogen-bond donors (Lipinski definition) is 2. The van der Waals surface area contributed by atoms with Crippen molar-refractivity contribution in [2.24, 2.45) is 0 Å². The predicted octanol–water partition coefficient (Wildman–Crippen LogP) is 3.65. The van der Waals surface area contributed by atoms with Crippen LogP contribution in [-0.2, 0) is 6.54 Å². The molecule has 24 heavy (non-hydrogen) atoms. The Kier molecular flexibility index (Phi) is 4.81. The first-order chi connectivity index (χ1) is 11.7. The lowest BCUT2D eigenvalue weighted by atomic mass is 10.1. The molecule has 2 aromatic heterocycles. The van der Waals surface area contributed by atoms with Crippen molar-refractivity contribution in [1.29, 1.82) is 0 Å². The molecule has 5 heteroatoms. The second kappa shape index (κ2) is 7.37. The molecule has 0 fully saturated rings. The number of benzene rings is 1. The molecule has 0 aliphatic rings. The van der Waals surface area contributed by atoms with Crippen LogP contribution in [-0.4, -0.2) is 15.9 Å². The molecule has 0 aliphatic heterocycles. The Balaban J connectivity index is 1.58. The molecule has 1 aromatic carbocycles. The molecule has 0 bridgehead atoms. The fourth-order valence-corrected chi connectivity index (χ4v) is 2.17. The third-order valence-corrected chi connectivity index (χ3v) is 3.54. The van der Waals surface area contributed by atoms with Gasteiger partial charge in [-0.15, -0.1) is 0 Å². The molecular formula is C19H18N4O. The highest BCUT2D eigenvalue weighted by atomic mass is 16.1. The van der Waals surface area contributed by atoms with Crippen molar-refractivity contribution in [1.82, 2.24) is 9.97 Å². The summed E-state index contributed by atoms with van der Waals surface area (Å²) in [5, 5.41) is 6.06. The van der Waals surface area contributed by atoms with E-state index in [4.69, 9.17) is 0 Å². The summed E-state index contributed by atoms with van der Waals surface area (Å²) in [5.74, 6) is 0.353. The molecule has 0 unspecified atom stereocenters. The van der Waals surface area contributed by atoms with E-state index < -0.39 is 0 Å². The SMILES string of the molecule is Cc1ccc(C(=O)Nc2ccc(NCc3cccnc3)cn2)cc1. The number of pyridine rings is 2. The van der Waals surface area contributed by atoms with Gasteiger partial charge in [-0.25, -0.2) is 4.98 Å². The summed E-state index contributed by atoms with van der Waals surface area (Å²) in [6.07, 6.45) is 5.26. The highest BCUT2D eigenvalue weighted by Gasteiger charge is 2.06. The first kappa shape index (κ1) is 15.7. The summed E-state index contributed by atoms with van der Waals surface area (Å²) in [6.45, 7) is 2.66. The molecule has 0 radical (unpaired) electrons. The van der Waals surface area contributed by atoms with Crippen molar-refractivity contribution < 1.29 is 4.79 Å². The topological polar surface area (TPSA) is 66.9 Å². The van der Waals surface area contributed by atoms with Crippen LogP contribution in [0.5, 0.6) is 0 Å². The second-order valence-electron chi connectivity index (χ2n) is 5.47. The van der Waals surface area contributed by atoms with Gasteiger partial charge in [0.1, 0.15) is 5.82 Å². The lowest BCUT2D eigenvalue weighted by Gasteiger charge is -2.08. The van der Waals surface area contributed by atoms with E-state index in [9.17, 15) is 4.79 Å². The third-order valence-electron chi connectivity index (χ3n) is 3.54. The number of rotatable bonds is 5. The van der Waals surface area contributed by atoms with Crippen molar-refractivity contribution in [3.8, 4) is 0 Å². The van der Waals surface area contributed by atoms with Crippen molar-refractivity contribution in [3.05, 3.63) is 83.8 Å². The first-order valence-electron chi connectivity index (χ1n) is 7.67. The number of aryl methyl sites for hydroxylation is 1. The van der Waals surface area contributed by atoms with Crippen LogP contribution in [0.4, 0.5) is 11.5 Å². The van der Waals surface area contributed by atoms with E-state index in [1.165, 1.54) is 0 Å². The Bertz CT molecular complexity index is 799. The molecule has 2 heterocycles. The summed E-state index contributed by atoms with van der Waals surface area (Å²) < 4.78 is 0. The maximum atomic E-state index is 12.1. The molecule has 1 amide bonds. The van der Waals surface area contributed by atoms with Crippen LogP contribution >= 0.6 is 0 Å². The molecule has 3 rings (SSSR count). The average molecular weight is 318 g/mol. The Morgan fingerprint density at radius 1 is 1.04 bits per heavy atom. The molecule has 3 aromatic rings. The molecule has 5 nitrogen and oxygen atoms in total. The molecule has 0 saturated carbocycles. The predicted molar refractivity (Wildman–Crippen MR) is 94.9 cm³/mol. The number of nitrogens with one attached hydrogen (secondary N) is 2. The van der Waals surface area contributed by atoms with Gasteiger partial charge in [-0.1, -0.05) is 23.8 Å². The monoisotopic (exact) mass is 318 g/mol. The smallest absolute Gasteiger partial charge is 0.256 e. The minimum atomic E-state index is -0.168. The zero-order valence-corrected chi connectivity index (χ0v) is 13.4. The number of carbonyl (C=O) groups is 1. The van der Waals surface area contributed by atoms with E-state index in [0.717, 1.165) is 16.8 Å². The van der Waals surface area contributed by atoms with Gasteiger partial charge < -0.3 is 10.6 Å². The maximum Gasteiger partial charge on any atom is 0.256 e. The maximum absolute atomic E-state index is 12.1. The van der Waals surface area contributed by atoms with Crippen LogP contribution in [0.25, 0.3) is 0 Å². The van der Waals surface area contributed by atoms with Gasteiger partial charge in [-0.2, -0.15) is 0 Å². The van der Waals surface area contributed by atoms with E-state index in [-0.39, 0.29) is 5.91 Å². The molecule has 2 N–H and O–H groups in total. The van der Waals surface area contributed by atoms with Crippen LogP contribution in [0.1, 0.15) is 21.5 Å². The standard InChI is InChI=1S/C19H18N4O/c1-14-4-6-16(7-5-14)19(24)23-18-9-8-17(13-22-18)21-12-15-3-2-10-20-11-15/h2-11,13,21H,12H2,1H3,(H,22,23,24). The lowest BCUT2D eigenvalue weighted by Crippen LogP contribution is -2.12. The lowest BCUT2D eigenvalue weighted by molar-refractivity contribution is 0.102. The van der Waals surface area contributed by atoms with Gasteiger partial charge in [-0.05, 0) is 42.8 Å². The first-order valence-corrected chi connectivity index (χ1v) is 7.67. The van der Waals surface area contributed by atoms with Gasteiger partial charge >= 0.3 is 0 Å². The Hall–Kier alpha value is -3.21. The number of hydrogen-bond acceptors (Lipinski definition) is 4. The van der Waals surface area contributed by atoms with E-state index in [0.29, 0.717) is 17.9 Å². The molecule has 0 spiro atoms. The van der Waals surface area contributed by atoms with Gasteiger partial charge in [0.15, 0.2) is 0 Å². The molecule has 0 saturated heterocycles. The molecule has 120 valence electrons. The number of aromatic nitrogens is 2. The van der Waals surface area contributed by atoms with Gasteiger partial charge in [0, 0.05) is 24.5 Å². The molecule has 0 aliphatic carbocycles. The third kappa shape index (κ3) is 4.16.